The van der Waals surface area contributed by atoms with Crippen LogP contribution in [0.25, 0.3) is 11.3 Å². The third kappa shape index (κ3) is 4.26. The van der Waals surface area contributed by atoms with Gasteiger partial charge in [0, 0.05) is 22.4 Å². The van der Waals surface area contributed by atoms with Crippen molar-refractivity contribution < 1.29 is 9.59 Å². The van der Waals surface area contributed by atoms with Crippen LogP contribution < -0.4 is 10.9 Å². The maximum Gasteiger partial charge on any atom is 0.271 e. The van der Waals surface area contributed by atoms with Crippen LogP contribution in [0.15, 0.2) is 53.3 Å². The molecule has 0 fully saturated rings. The van der Waals surface area contributed by atoms with Crippen LogP contribution in [0, 0.1) is 6.92 Å². The van der Waals surface area contributed by atoms with Gasteiger partial charge in [0.05, 0.1) is 5.69 Å². The summed E-state index contributed by atoms with van der Waals surface area (Å²) in [7, 11) is 0. The Kier molecular flexibility index (Phi) is 6.04. The van der Waals surface area contributed by atoms with E-state index in [2.05, 4.69) is 10.4 Å². The number of aryl methyl sites for hydroxylation is 1. The Morgan fingerprint density at radius 1 is 0.969 bits per heavy atom. The molecular formula is C26H27N3O3. The van der Waals surface area contributed by atoms with E-state index in [1.54, 1.807) is 31.2 Å². The Morgan fingerprint density at radius 3 is 2.22 bits per heavy atom. The van der Waals surface area contributed by atoms with Crippen molar-refractivity contribution in [3.63, 3.8) is 0 Å². The van der Waals surface area contributed by atoms with Crippen LogP contribution in [-0.4, -0.2) is 21.5 Å². The first kappa shape index (κ1) is 21.7. The van der Waals surface area contributed by atoms with Crippen molar-refractivity contribution in [2.75, 3.05) is 5.32 Å². The number of anilines is 1. The third-order valence-electron chi connectivity index (χ3n) is 6.06. The molecular weight excluding hydrogens is 402 g/mol. The molecule has 1 amide bonds. The molecule has 164 valence electrons. The molecule has 0 bridgehead atoms. The molecule has 1 aliphatic carbocycles. The lowest BCUT2D eigenvalue weighted by Crippen LogP contribution is -2.37. The van der Waals surface area contributed by atoms with Gasteiger partial charge in [-0.15, -0.1) is 0 Å². The first-order chi connectivity index (χ1) is 15.3. The second-order valence-electron chi connectivity index (χ2n) is 8.43. The number of aromatic nitrogens is 2. The Hall–Kier alpha value is -3.54. The summed E-state index contributed by atoms with van der Waals surface area (Å²) >= 11 is 0. The third-order valence-corrected chi connectivity index (χ3v) is 6.06. The molecule has 1 atom stereocenters. The molecule has 2 aromatic carbocycles. The molecule has 4 rings (SSSR count). The lowest BCUT2D eigenvalue weighted by atomic mass is 9.89. The Morgan fingerprint density at radius 2 is 1.59 bits per heavy atom. The molecule has 6 heteroatoms. The summed E-state index contributed by atoms with van der Waals surface area (Å²) in [4.78, 5) is 37.7. The van der Waals surface area contributed by atoms with Crippen molar-refractivity contribution in [2.45, 2.75) is 52.5 Å². The van der Waals surface area contributed by atoms with Gasteiger partial charge in [-0.1, -0.05) is 29.8 Å². The van der Waals surface area contributed by atoms with E-state index in [0.29, 0.717) is 17.7 Å². The van der Waals surface area contributed by atoms with Crippen molar-refractivity contribution in [3.8, 4) is 11.3 Å². The highest BCUT2D eigenvalue weighted by Gasteiger charge is 2.25. The number of benzene rings is 2. The molecule has 1 aromatic heterocycles. The summed E-state index contributed by atoms with van der Waals surface area (Å²) in [5, 5.41) is 7.51. The Labute approximate surface area is 187 Å². The first-order valence-electron chi connectivity index (χ1n) is 11.0. The van der Waals surface area contributed by atoms with E-state index in [1.165, 1.54) is 11.6 Å². The summed E-state index contributed by atoms with van der Waals surface area (Å²) in [6, 6.07) is 14.0. The standard InChI is InChI=1S/C26H27N3O3/c1-16-8-10-20(11-9-16)24-22-6-4-5-7-23(22)26(32)29(28-24)17(2)25(31)27-21-14-12-19(13-15-21)18(3)30/h8-15,17H,4-7H2,1-3H3,(H,27,31). The average molecular weight is 430 g/mol. The van der Waals surface area contributed by atoms with Crippen molar-refractivity contribution in [1.82, 2.24) is 9.78 Å². The van der Waals surface area contributed by atoms with Crippen LogP contribution >= 0.6 is 0 Å². The summed E-state index contributed by atoms with van der Waals surface area (Å²) in [6.07, 6.45) is 3.52. The van der Waals surface area contributed by atoms with E-state index in [9.17, 15) is 14.4 Å². The Bertz CT molecular complexity index is 1220. The molecule has 6 nitrogen and oxygen atoms in total. The van der Waals surface area contributed by atoms with Gasteiger partial charge < -0.3 is 5.32 Å². The fraction of sp³-hybridized carbons (Fsp3) is 0.308. The van der Waals surface area contributed by atoms with E-state index < -0.39 is 6.04 Å². The van der Waals surface area contributed by atoms with Crippen molar-refractivity contribution in [2.24, 2.45) is 0 Å². The van der Waals surface area contributed by atoms with Crippen molar-refractivity contribution >= 4 is 17.4 Å². The topological polar surface area (TPSA) is 81.1 Å². The van der Waals surface area contributed by atoms with Gasteiger partial charge in [-0.3, -0.25) is 14.4 Å². The van der Waals surface area contributed by atoms with Gasteiger partial charge in [0.25, 0.3) is 5.56 Å². The van der Waals surface area contributed by atoms with Gasteiger partial charge in [-0.25, -0.2) is 4.68 Å². The molecule has 1 aliphatic rings. The molecule has 0 aliphatic heterocycles. The van der Waals surface area contributed by atoms with Gasteiger partial charge in [-0.05, 0) is 76.3 Å². The number of ketones is 1. The summed E-state index contributed by atoms with van der Waals surface area (Å²) < 4.78 is 1.32. The number of nitrogens with zero attached hydrogens (tertiary/aromatic N) is 2. The van der Waals surface area contributed by atoms with Crippen LogP contribution in [-0.2, 0) is 17.6 Å². The second kappa shape index (κ2) is 8.91. The van der Waals surface area contributed by atoms with E-state index in [0.717, 1.165) is 47.2 Å². The fourth-order valence-corrected chi connectivity index (χ4v) is 4.11. The molecule has 0 radical (unpaired) electrons. The van der Waals surface area contributed by atoms with E-state index in [-0.39, 0.29) is 17.2 Å². The number of amides is 1. The molecule has 1 heterocycles. The molecule has 1 unspecified atom stereocenters. The fourth-order valence-electron chi connectivity index (χ4n) is 4.11. The average Bonchev–Trinajstić information content (AvgIpc) is 2.80. The SMILES string of the molecule is CC(=O)c1ccc(NC(=O)C(C)n2nc(-c3ccc(C)cc3)c3c(c2=O)CCCC3)cc1. The highest BCUT2D eigenvalue weighted by atomic mass is 16.2. The minimum atomic E-state index is -0.786. The largest absolute Gasteiger partial charge is 0.324 e. The minimum Gasteiger partial charge on any atom is -0.324 e. The zero-order chi connectivity index (χ0) is 22.8. The molecule has 32 heavy (non-hydrogen) atoms. The molecule has 1 N–H and O–H groups in total. The van der Waals surface area contributed by atoms with Gasteiger partial charge >= 0.3 is 0 Å². The monoisotopic (exact) mass is 429 g/mol. The highest BCUT2D eigenvalue weighted by Crippen LogP contribution is 2.29. The number of nitrogens with one attached hydrogen (secondary N) is 1. The first-order valence-corrected chi connectivity index (χ1v) is 11.0. The second-order valence-corrected chi connectivity index (χ2v) is 8.43. The normalized spacial score (nSPS) is 13.8. The van der Waals surface area contributed by atoms with Crippen LogP contribution in [0.4, 0.5) is 5.69 Å². The number of hydrogen-bond acceptors (Lipinski definition) is 4. The van der Waals surface area contributed by atoms with Crippen LogP contribution in [0.3, 0.4) is 0 Å². The van der Waals surface area contributed by atoms with Gasteiger partial charge in [0.1, 0.15) is 6.04 Å². The van der Waals surface area contributed by atoms with E-state index in [1.807, 2.05) is 31.2 Å². The Balaban J connectivity index is 1.69. The van der Waals surface area contributed by atoms with Crippen LogP contribution in [0.2, 0.25) is 0 Å². The van der Waals surface area contributed by atoms with E-state index in [4.69, 9.17) is 0 Å². The molecule has 0 saturated heterocycles. The lowest BCUT2D eigenvalue weighted by Gasteiger charge is -2.22. The number of rotatable bonds is 5. The molecule has 0 saturated carbocycles. The van der Waals surface area contributed by atoms with E-state index >= 15 is 0 Å². The minimum absolute atomic E-state index is 0.0373. The summed E-state index contributed by atoms with van der Waals surface area (Å²) in [6.45, 7) is 5.21. The smallest absolute Gasteiger partial charge is 0.271 e. The van der Waals surface area contributed by atoms with Gasteiger partial charge in [0.2, 0.25) is 5.91 Å². The predicted molar refractivity (Wildman–Crippen MR) is 125 cm³/mol. The van der Waals surface area contributed by atoms with Gasteiger partial charge in [0.15, 0.2) is 5.78 Å². The zero-order valence-corrected chi connectivity index (χ0v) is 18.6. The number of hydrogen-bond donors (Lipinski definition) is 1. The highest BCUT2D eigenvalue weighted by molar-refractivity contribution is 5.96. The van der Waals surface area contributed by atoms with Crippen LogP contribution in [0.1, 0.15) is 59.8 Å². The maximum atomic E-state index is 13.3. The lowest BCUT2D eigenvalue weighted by molar-refractivity contribution is -0.119. The van der Waals surface area contributed by atoms with Crippen molar-refractivity contribution in [3.05, 3.63) is 81.1 Å². The number of Topliss-reactive ketones (excluding diaryl/α,β-unsaturated/α-hetero) is 1. The predicted octanol–water partition coefficient (Wildman–Crippen LogP) is 4.50. The maximum absolute atomic E-state index is 13.3. The summed E-state index contributed by atoms with van der Waals surface area (Å²) in [5.74, 6) is -0.370. The number of carbonyl (C=O) groups is 2. The van der Waals surface area contributed by atoms with Crippen molar-refractivity contribution in [1.29, 1.82) is 0 Å². The summed E-state index contributed by atoms with van der Waals surface area (Å²) in [5.41, 5.74) is 5.62. The number of fused-ring (bicyclic) bond motifs is 1. The molecule has 0 spiro atoms. The quantitative estimate of drug-likeness (QED) is 0.606. The molecule has 3 aromatic rings. The van der Waals surface area contributed by atoms with Gasteiger partial charge in [-0.2, -0.15) is 5.10 Å². The zero-order valence-electron chi connectivity index (χ0n) is 18.6. The van der Waals surface area contributed by atoms with Crippen LogP contribution in [0.5, 0.6) is 0 Å². The number of carbonyl (C=O) groups excluding carboxylic acids is 2.